The maximum absolute atomic E-state index is 5.67. The van der Waals surface area contributed by atoms with E-state index in [4.69, 9.17) is 4.74 Å². The molecular formula is C17H27N3O. The van der Waals surface area contributed by atoms with Crippen molar-refractivity contribution in [3.8, 4) is 5.75 Å². The highest BCUT2D eigenvalue weighted by molar-refractivity contribution is 5.33. The molecule has 0 spiro atoms. The van der Waals surface area contributed by atoms with Crippen LogP contribution in [0.4, 0.5) is 0 Å². The van der Waals surface area contributed by atoms with Gasteiger partial charge in [-0.3, -0.25) is 4.90 Å². The molecule has 1 aliphatic heterocycles. The number of hydrogen-bond donors (Lipinski definition) is 1. The van der Waals surface area contributed by atoms with Gasteiger partial charge in [0.2, 0.25) is 0 Å². The molecule has 0 bridgehead atoms. The van der Waals surface area contributed by atoms with Crippen molar-refractivity contribution < 1.29 is 4.74 Å². The fourth-order valence-corrected chi connectivity index (χ4v) is 2.47. The quantitative estimate of drug-likeness (QED) is 0.581. The van der Waals surface area contributed by atoms with Crippen molar-refractivity contribution in [1.82, 2.24) is 15.1 Å². The highest BCUT2D eigenvalue weighted by Crippen LogP contribution is 2.17. The summed E-state index contributed by atoms with van der Waals surface area (Å²) in [5.41, 5.74) is 1.21. The Bertz CT molecular complexity index is 428. The van der Waals surface area contributed by atoms with Crippen LogP contribution in [0, 0.1) is 0 Å². The Morgan fingerprint density at radius 1 is 1.24 bits per heavy atom. The van der Waals surface area contributed by atoms with Gasteiger partial charge in [-0.25, -0.2) is 0 Å². The zero-order valence-corrected chi connectivity index (χ0v) is 13.1. The Morgan fingerprint density at radius 2 is 2.00 bits per heavy atom. The van der Waals surface area contributed by atoms with E-state index < -0.39 is 0 Å². The zero-order valence-electron chi connectivity index (χ0n) is 13.1. The molecule has 116 valence electrons. The van der Waals surface area contributed by atoms with E-state index in [-0.39, 0.29) is 0 Å². The lowest BCUT2D eigenvalue weighted by molar-refractivity contribution is 0.154. The van der Waals surface area contributed by atoms with Crippen LogP contribution in [-0.2, 0) is 6.54 Å². The minimum Gasteiger partial charge on any atom is -0.489 e. The zero-order chi connectivity index (χ0) is 14.9. The van der Waals surface area contributed by atoms with Gasteiger partial charge in [0.15, 0.2) is 0 Å². The van der Waals surface area contributed by atoms with E-state index in [9.17, 15) is 0 Å². The van der Waals surface area contributed by atoms with Gasteiger partial charge < -0.3 is 15.0 Å². The van der Waals surface area contributed by atoms with E-state index in [0.717, 1.165) is 25.4 Å². The van der Waals surface area contributed by atoms with Crippen LogP contribution in [-0.4, -0.2) is 62.7 Å². The third-order valence-electron chi connectivity index (χ3n) is 3.85. The van der Waals surface area contributed by atoms with Crippen LogP contribution >= 0.6 is 0 Å². The molecular weight excluding hydrogens is 262 g/mol. The molecule has 0 atom stereocenters. The lowest BCUT2D eigenvalue weighted by Crippen LogP contribution is -2.46. The lowest BCUT2D eigenvalue weighted by Gasteiger charge is -2.32. The van der Waals surface area contributed by atoms with E-state index >= 15 is 0 Å². The van der Waals surface area contributed by atoms with Crippen LogP contribution in [0.1, 0.15) is 5.56 Å². The van der Waals surface area contributed by atoms with Gasteiger partial charge >= 0.3 is 0 Å². The maximum Gasteiger partial charge on any atom is 0.124 e. The number of benzene rings is 1. The number of ether oxygens (including phenoxy) is 1. The van der Waals surface area contributed by atoms with Crippen LogP contribution in [0.25, 0.3) is 0 Å². The van der Waals surface area contributed by atoms with Crippen LogP contribution in [0.3, 0.4) is 0 Å². The average Bonchev–Trinajstić information content (AvgIpc) is 2.52. The fourth-order valence-electron chi connectivity index (χ4n) is 2.47. The molecule has 1 saturated heterocycles. The van der Waals surface area contributed by atoms with Crippen molar-refractivity contribution in [3.63, 3.8) is 0 Å². The predicted molar refractivity (Wildman–Crippen MR) is 87.8 cm³/mol. The molecule has 4 nitrogen and oxygen atoms in total. The standard InChI is InChI=1S/C17H27N3O/c1-3-14-21-17-7-5-4-6-16(17)15-18-8-9-20-12-10-19(2)11-13-20/h3-7,18H,1,8-15H2,2H3. The highest BCUT2D eigenvalue weighted by atomic mass is 16.5. The molecule has 2 rings (SSSR count). The molecule has 1 aliphatic rings. The summed E-state index contributed by atoms with van der Waals surface area (Å²) in [6.45, 7) is 11.9. The number of likely N-dealkylation sites (N-methyl/N-ethyl adjacent to an activating group) is 1. The molecule has 21 heavy (non-hydrogen) atoms. The topological polar surface area (TPSA) is 27.7 Å². The Labute approximate surface area is 128 Å². The number of nitrogens with zero attached hydrogens (tertiary/aromatic N) is 2. The van der Waals surface area contributed by atoms with Gasteiger partial charge in [0.05, 0.1) is 0 Å². The van der Waals surface area contributed by atoms with Crippen LogP contribution < -0.4 is 10.1 Å². The Kier molecular flexibility index (Phi) is 6.73. The monoisotopic (exact) mass is 289 g/mol. The van der Waals surface area contributed by atoms with Crippen molar-refractivity contribution in [2.24, 2.45) is 0 Å². The predicted octanol–water partition coefficient (Wildman–Crippen LogP) is 1.59. The molecule has 1 N–H and O–H groups in total. The summed E-state index contributed by atoms with van der Waals surface area (Å²) in [5, 5.41) is 3.52. The summed E-state index contributed by atoms with van der Waals surface area (Å²) in [4.78, 5) is 4.91. The van der Waals surface area contributed by atoms with Crippen molar-refractivity contribution in [1.29, 1.82) is 0 Å². The van der Waals surface area contributed by atoms with E-state index in [0.29, 0.717) is 6.61 Å². The summed E-state index contributed by atoms with van der Waals surface area (Å²) in [5.74, 6) is 0.949. The van der Waals surface area contributed by atoms with Gasteiger partial charge in [-0.05, 0) is 13.1 Å². The minimum atomic E-state index is 0.554. The summed E-state index contributed by atoms with van der Waals surface area (Å²) in [7, 11) is 2.19. The number of rotatable bonds is 8. The maximum atomic E-state index is 5.67. The minimum absolute atomic E-state index is 0.554. The molecule has 0 radical (unpaired) electrons. The second kappa shape index (κ2) is 8.82. The van der Waals surface area contributed by atoms with Gasteiger partial charge in [-0.2, -0.15) is 0 Å². The fraction of sp³-hybridized carbons (Fsp3) is 0.529. The van der Waals surface area contributed by atoms with E-state index in [1.165, 1.54) is 31.7 Å². The summed E-state index contributed by atoms with van der Waals surface area (Å²) < 4.78 is 5.67. The molecule has 0 aliphatic carbocycles. The van der Waals surface area contributed by atoms with Crippen molar-refractivity contribution in [2.75, 3.05) is 52.9 Å². The summed E-state index contributed by atoms with van der Waals surface area (Å²) in [6.07, 6.45) is 1.78. The Morgan fingerprint density at radius 3 is 2.76 bits per heavy atom. The summed E-state index contributed by atoms with van der Waals surface area (Å²) in [6, 6.07) is 8.19. The smallest absolute Gasteiger partial charge is 0.124 e. The normalized spacial score (nSPS) is 16.8. The second-order valence-corrected chi connectivity index (χ2v) is 5.53. The second-order valence-electron chi connectivity index (χ2n) is 5.53. The van der Waals surface area contributed by atoms with E-state index in [1.54, 1.807) is 6.08 Å². The number of piperazine rings is 1. The number of para-hydroxylation sites is 1. The van der Waals surface area contributed by atoms with Gasteiger partial charge in [-0.1, -0.05) is 30.9 Å². The van der Waals surface area contributed by atoms with Crippen LogP contribution in [0.2, 0.25) is 0 Å². The van der Waals surface area contributed by atoms with E-state index in [1.807, 2.05) is 12.1 Å². The molecule has 1 heterocycles. The first-order valence-corrected chi connectivity index (χ1v) is 7.73. The molecule has 1 fully saturated rings. The Balaban J connectivity index is 1.69. The molecule has 4 heteroatoms. The van der Waals surface area contributed by atoms with Gasteiger partial charge in [0, 0.05) is 51.4 Å². The molecule has 0 unspecified atom stereocenters. The third-order valence-corrected chi connectivity index (χ3v) is 3.85. The largest absolute Gasteiger partial charge is 0.489 e. The van der Waals surface area contributed by atoms with Gasteiger partial charge in [-0.15, -0.1) is 0 Å². The van der Waals surface area contributed by atoms with Crippen molar-refractivity contribution >= 4 is 0 Å². The first-order chi connectivity index (χ1) is 10.3. The molecule has 1 aromatic rings. The van der Waals surface area contributed by atoms with Crippen molar-refractivity contribution in [2.45, 2.75) is 6.54 Å². The third kappa shape index (κ3) is 5.50. The van der Waals surface area contributed by atoms with Gasteiger partial charge in [0.25, 0.3) is 0 Å². The lowest BCUT2D eigenvalue weighted by atomic mass is 10.2. The molecule has 0 aromatic heterocycles. The average molecular weight is 289 g/mol. The first-order valence-electron chi connectivity index (χ1n) is 7.73. The highest BCUT2D eigenvalue weighted by Gasteiger charge is 2.12. The number of hydrogen-bond acceptors (Lipinski definition) is 4. The van der Waals surface area contributed by atoms with Crippen molar-refractivity contribution in [3.05, 3.63) is 42.5 Å². The molecule has 0 amide bonds. The van der Waals surface area contributed by atoms with E-state index in [2.05, 4.69) is 40.9 Å². The molecule has 1 aromatic carbocycles. The van der Waals surface area contributed by atoms with Gasteiger partial charge in [0.1, 0.15) is 12.4 Å². The Hall–Kier alpha value is -1.36. The van der Waals surface area contributed by atoms with Crippen LogP contribution in [0.15, 0.2) is 36.9 Å². The number of nitrogens with one attached hydrogen (secondary N) is 1. The first kappa shape index (κ1) is 16.0. The SMILES string of the molecule is C=CCOc1ccccc1CNCCN1CCN(C)CC1. The summed E-state index contributed by atoms with van der Waals surface area (Å²) >= 11 is 0. The molecule has 0 saturated carbocycles. The van der Waals surface area contributed by atoms with Crippen LogP contribution in [0.5, 0.6) is 5.75 Å².